The van der Waals surface area contributed by atoms with Gasteiger partial charge in [-0.05, 0) is 40.5 Å². The average molecular weight is 450 g/mol. The summed E-state index contributed by atoms with van der Waals surface area (Å²) in [5.74, 6) is -2.17. The fourth-order valence-electron chi connectivity index (χ4n) is 6.10. The SMILES string of the molecule is O=C1[C@@H]2C3c4ccccc4C(CO)(c4ccccc43)[C@@H]2C(=O)N1c1ccc(Cl)cc1Cl. The molecule has 31 heavy (non-hydrogen) atoms. The normalized spacial score (nSPS) is 27.8. The monoisotopic (exact) mass is 449 g/mol. The van der Waals surface area contributed by atoms with Crippen molar-refractivity contribution in [1.82, 2.24) is 0 Å². The van der Waals surface area contributed by atoms with Crippen LogP contribution in [-0.4, -0.2) is 23.5 Å². The van der Waals surface area contributed by atoms with Crippen molar-refractivity contribution in [3.05, 3.63) is 99.0 Å². The van der Waals surface area contributed by atoms with E-state index in [1.165, 1.54) is 11.0 Å². The Bertz CT molecular complexity index is 1240. The van der Waals surface area contributed by atoms with Crippen LogP contribution in [0.15, 0.2) is 66.7 Å². The van der Waals surface area contributed by atoms with Gasteiger partial charge in [-0.25, -0.2) is 4.90 Å². The average Bonchev–Trinajstić information content (AvgIpc) is 3.05. The maximum absolute atomic E-state index is 13.9. The van der Waals surface area contributed by atoms with Crippen molar-refractivity contribution in [2.45, 2.75) is 11.3 Å². The number of amides is 2. The smallest absolute Gasteiger partial charge is 0.239 e. The van der Waals surface area contributed by atoms with Crippen LogP contribution in [0.4, 0.5) is 5.69 Å². The molecule has 0 radical (unpaired) electrons. The van der Waals surface area contributed by atoms with Crippen LogP contribution in [-0.2, 0) is 15.0 Å². The van der Waals surface area contributed by atoms with Crippen LogP contribution in [0.3, 0.4) is 0 Å². The number of aliphatic hydroxyl groups is 1. The molecule has 3 aromatic carbocycles. The second kappa shape index (κ2) is 6.42. The first kappa shape index (κ1) is 19.1. The van der Waals surface area contributed by atoms with Crippen molar-refractivity contribution in [2.75, 3.05) is 11.5 Å². The minimum absolute atomic E-state index is 0.244. The summed E-state index contributed by atoms with van der Waals surface area (Å²) < 4.78 is 0. The van der Waals surface area contributed by atoms with Crippen LogP contribution in [0.2, 0.25) is 10.0 Å². The lowest BCUT2D eigenvalue weighted by atomic mass is 9.47. The Morgan fingerprint density at radius 1 is 0.871 bits per heavy atom. The number of carbonyl (C=O) groups is 2. The first-order valence-electron chi connectivity index (χ1n) is 10.1. The van der Waals surface area contributed by atoms with Gasteiger partial charge in [0.15, 0.2) is 0 Å². The molecule has 0 saturated carbocycles. The van der Waals surface area contributed by atoms with Gasteiger partial charge in [0.2, 0.25) is 11.8 Å². The Kier molecular flexibility index (Phi) is 3.95. The first-order chi connectivity index (χ1) is 15.0. The van der Waals surface area contributed by atoms with Crippen LogP contribution >= 0.6 is 23.2 Å². The van der Waals surface area contributed by atoms with Crippen LogP contribution < -0.4 is 4.90 Å². The van der Waals surface area contributed by atoms with E-state index < -0.39 is 17.3 Å². The van der Waals surface area contributed by atoms with Crippen LogP contribution in [0.5, 0.6) is 0 Å². The lowest BCUT2D eigenvalue weighted by Gasteiger charge is -2.53. The molecule has 3 aromatic rings. The standard InChI is InChI=1S/C25H17Cl2NO3/c26-13-9-10-19(18(27)11-13)28-23(30)21-20-14-5-1-3-7-16(14)25(12-29,22(21)24(28)31)17-8-4-2-6-15(17)20/h1-11,20-22,29H,12H2/t20?,21-,22+,25?/m1/s1. The van der Waals surface area contributed by atoms with E-state index in [1.807, 2.05) is 48.5 Å². The van der Waals surface area contributed by atoms with E-state index in [1.54, 1.807) is 12.1 Å². The van der Waals surface area contributed by atoms with Crippen LogP contribution in [0.25, 0.3) is 0 Å². The van der Waals surface area contributed by atoms with Gasteiger partial charge in [0.05, 0.1) is 34.6 Å². The van der Waals surface area contributed by atoms with Gasteiger partial charge < -0.3 is 5.11 Å². The van der Waals surface area contributed by atoms with Gasteiger partial charge in [0.1, 0.15) is 0 Å². The Hall–Kier alpha value is -2.66. The highest BCUT2D eigenvalue weighted by Crippen LogP contribution is 2.64. The largest absolute Gasteiger partial charge is 0.395 e. The summed E-state index contributed by atoms with van der Waals surface area (Å²) in [5, 5.41) is 11.5. The van der Waals surface area contributed by atoms with Crippen molar-refractivity contribution in [3.8, 4) is 0 Å². The van der Waals surface area contributed by atoms with Crippen LogP contribution in [0.1, 0.15) is 28.2 Å². The Balaban J connectivity index is 1.64. The zero-order chi connectivity index (χ0) is 21.5. The first-order valence-corrected chi connectivity index (χ1v) is 10.9. The molecule has 2 amide bonds. The third kappa shape index (κ3) is 2.20. The molecule has 7 rings (SSSR count). The molecule has 4 nitrogen and oxygen atoms in total. The van der Waals surface area contributed by atoms with E-state index in [9.17, 15) is 14.7 Å². The molecular weight excluding hydrogens is 433 g/mol. The number of aliphatic hydroxyl groups excluding tert-OH is 1. The molecule has 2 atom stereocenters. The highest BCUT2D eigenvalue weighted by atomic mass is 35.5. The zero-order valence-electron chi connectivity index (χ0n) is 16.3. The summed E-state index contributed by atoms with van der Waals surface area (Å²) >= 11 is 12.4. The molecule has 0 spiro atoms. The van der Waals surface area contributed by atoms with E-state index in [-0.39, 0.29) is 29.4 Å². The number of halogens is 2. The molecule has 1 saturated heterocycles. The van der Waals surface area contributed by atoms with Gasteiger partial charge in [0, 0.05) is 10.9 Å². The number of benzene rings is 3. The van der Waals surface area contributed by atoms with E-state index >= 15 is 0 Å². The third-order valence-corrected chi connectivity index (χ3v) is 7.73. The van der Waals surface area contributed by atoms with Crippen molar-refractivity contribution < 1.29 is 14.7 Å². The number of imide groups is 1. The molecule has 0 aromatic heterocycles. The van der Waals surface area contributed by atoms with Gasteiger partial charge in [0.25, 0.3) is 0 Å². The molecule has 6 heteroatoms. The summed E-state index contributed by atoms with van der Waals surface area (Å²) in [6.07, 6.45) is 0. The summed E-state index contributed by atoms with van der Waals surface area (Å²) in [4.78, 5) is 28.8. The van der Waals surface area contributed by atoms with Gasteiger partial charge >= 0.3 is 0 Å². The Morgan fingerprint density at radius 3 is 2.06 bits per heavy atom. The molecule has 1 heterocycles. The minimum Gasteiger partial charge on any atom is -0.395 e. The molecule has 3 aliphatic carbocycles. The van der Waals surface area contributed by atoms with Crippen molar-refractivity contribution in [2.24, 2.45) is 11.8 Å². The summed E-state index contributed by atoms with van der Waals surface area (Å²) in [7, 11) is 0. The quantitative estimate of drug-likeness (QED) is 0.584. The van der Waals surface area contributed by atoms with Crippen LogP contribution in [0, 0.1) is 11.8 Å². The van der Waals surface area contributed by atoms with Gasteiger partial charge in [-0.3, -0.25) is 9.59 Å². The maximum atomic E-state index is 13.9. The fraction of sp³-hybridized carbons (Fsp3) is 0.200. The molecule has 4 aliphatic rings. The maximum Gasteiger partial charge on any atom is 0.239 e. The van der Waals surface area contributed by atoms with E-state index in [4.69, 9.17) is 23.2 Å². The molecule has 1 N–H and O–H groups in total. The minimum atomic E-state index is -0.979. The van der Waals surface area contributed by atoms with E-state index in [0.29, 0.717) is 10.7 Å². The van der Waals surface area contributed by atoms with E-state index in [2.05, 4.69) is 0 Å². The number of hydrogen-bond donors (Lipinski definition) is 1. The van der Waals surface area contributed by atoms with Gasteiger partial charge in [-0.1, -0.05) is 71.7 Å². The Labute approximate surface area is 189 Å². The lowest BCUT2D eigenvalue weighted by molar-refractivity contribution is -0.124. The molecule has 2 bridgehead atoms. The number of anilines is 1. The molecule has 0 unspecified atom stereocenters. The topological polar surface area (TPSA) is 57.6 Å². The highest BCUT2D eigenvalue weighted by Gasteiger charge is 2.68. The van der Waals surface area contributed by atoms with Crippen molar-refractivity contribution in [1.29, 1.82) is 0 Å². The van der Waals surface area contributed by atoms with E-state index in [0.717, 1.165) is 22.3 Å². The van der Waals surface area contributed by atoms with Gasteiger partial charge in [-0.15, -0.1) is 0 Å². The van der Waals surface area contributed by atoms with Crippen molar-refractivity contribution >= 4 is 40.7 Å². The number of rotatable bonds is 2. The third-order valence-electron chi connectivity index (χ3n) is 7.19. The predicted molar refractivity (Wildman–Crippen MR) is 119 cm³/mol. The number of hydrogen-bond acceptors (Lipinski definition) is 3. The highest BCUT2D eigenvalue weighted by molar-refractivity contribution is 6.38. The summed E-state index contributed by atoms with van der Waals surface area (Å²) in [6, 6.07) is 20.4. The second-order valence-electron chi connectivity index (χ2n) is 8.39. The molecular formula is C25H17Cl2NO3. The lowest BCUT2D eigenvalue weighted by Crippen LogP contribution is -2.55. The van der Waals surface area contributed by atoms with Gasteiger partial charge in [-0.2, -0.15) is 0 Å². The summed E-state index contributed by atoms with van der Waals surface area (Å²) in [5.41, 5.74) is 3.20. The zero-order valence-corrected chi connectivity index (χ0v) is 17.8. The fourth-order valence-corrected chi connectivity index (χ4v) is 6.59. The summed E-state index contributed by atoms with van der Waals surface area (Å²) in [6.45, 7) is -0.268. The number of nitrogens with zero attached hydrogens (tertiary/aromatic N) is 1. The second-order valence-corrected chi connectivity index (χ2v) is 9.24. The van der Waals surface area contributed by atoms with Crippen molar-refractivity contribution in [3.63, 3.8) is 0 Å². The molecule has 154 valence electrons. The number of carbonyl (C=O) groups excluding carboxylic acids is 2. The Morgan fingerprint density at radius 2 is 1.48 bits per heavy atom. The molecule has 1 aliphatic heterocycles. The predicted octanol–water partition coefficient (Wildman–Crippen LogP) is 4.54. The molecule has 1 fully saturated rings.